The van der Waals surface area contributed by atoms with E-state index in [0.717, 1.165) is 36.9 Å². The maximum Gasteiger partial charge on any atom is 0.335 e. The zero-order valence-electron chi connectivity index (χ0n) is 16.9. The van der Waals surface area contributed by atoms with Crippen molar-refractivity contribution in [1.82, 2.24) is 9.97 Å². The van der Waals surface area contributed by atoms with Crippen LogP contribution in [0.5, 0.6) is 0 Å². The van der Waals surface area contributed by atoms with Gasteiger partial charge in [-0.2, -0.15) is 4.99 Å². The molecule has 0 bridgehead atoms. The molecule has 0 radical (unpaired) electrons. The molecular formula is C22H23N7O2. The van der Waals surface area contributed by atoms with Gasteiger partial charge in [-0.15, -0.1) is 0 Å². The number of carboxylic acids is 1. The Kier molecular flexibility index (Phi) is 4.39. The third-order valence-corrected chi connectivity index (χ3v) is 5.98. The van der Waals surface area contributed by atoms with E-state index < -0.39 is 11.6 Å². The fraction of sp³-hybridized carbons (Fsp3) is 0.273. The topological polar surface area (TPSA) is 146 Å². The Morgan fingerprint density at radius 2 is 1.81 bits per heavy atom. The van der Waals surface area contributed by atoms with Crippen LogP contribution in [-0.2, 0) is 0 Å². The van der Waals surface area contributed by atoms with Gasteiger partial charge in [0.25, 0.3) is 0 Å². The molecule has 2 aromatic carbocycles. The van der Waals surface area contributed by atoms with Crippen LogP contribution in [-0.4, -0.2) is 38.6 Å². The average molecular weight is 417 g/mol. The number of nitrogens with two attached hydrogens (primary N) is 2. The predicted octanol–water partition coefficient (Wildman–Crippen LogP) is 3.04. The zero-order valence-corrected chi connectivity index (χ0v) is 16.9. The number of nitrogens with one attached hydrogen (secondary N) is 1. The summed E-state index contributed by atoms with van der Waals surface area (Å²) in [6, 6.07) is 12.7. The number of guanidine groups is 2. The third kappa shape index (κ3) is 3.27. The summed E-state index contributed by atoms with van der Waals surface area (Å²) in [5.74, 6) is 0.282. The average Bonchev–Trinajstić information content (AvgIpc) is 3.17. The minimum atomic E-state index is -0.969. The monoisotopic (exact) mass is 417 g/mol. The van der Waals surface area contributed by atoms with Crippen molar-refractivity contribution >= 4 is 34.6 Å². The van der Waals surface area contributed by atoms with Crippen molar-refractivity contribution < 1.29 is 9.90 Å². The van der Waals surface area contributed by atoms with Gasteiger partial charge in [0, 0.05) is 11.3 Å². The van der Waals surface area contributed by atoms with E-state index in [1.807, 2.05) is 29.2 Å². The van der Waals surface area contributed by atoms with Crippen LogP contribution in [0.3, 0.4) is 0 Å². The number of fused-ring (bicyclic) bond motifs is 1. The molecule has 5 rings (SSSR count). The van der Waals surface area contributed by atoms with Gasteiger partial charge in [0.05, 0.1) is 16.6 Å². The Morgan fingerprint density at radius 1 is 1.06 bits per heavy atom. The highest BCUT2D eigenvalue weighted by molar-refractivity contribution is 6.05. The Morgan fingerprint density at radius 3 is 2.52 bits per heavy atom. The summed E-state index contributed by atoms with van der Waals surface area (Å²) in [7, 11) is 0. The molecule has 6 N–H and O–H groups in total. The summed E-state index contributed by atoms with van der Waals surface area (Å²) < 4.78 is 0. The van der Waals surface area contributed by atoms with Crippen LogP contribution in [0.4, 0.5) is 5.69 Å². The summed E-state index contributed by atoms with van der Waals surface area (Å²) in [5.41, 5.74) is 15.1. The fourth-order valence-electron chi connectivity index (χ4n) is 4.54. The molecule has 1 saturated carbocycles. The van der Waals surface area contributed by atoms with E-state index in [0.29, 0.717) is 22.8 Å². The second-order valence-electron chi connectivity index (χ2n) is 7.99. The summed E-state index contributed by atoms with van der Waals surface area (Å²) >= 11 is 0. The summed E-state index contributed by atoms with van der Waals surface area (Å²) in [6.45, 7) is 0. The van der Waals surface area contributed by atoms with Crippen molar-refractivity contribution in [2.45, 2.75) is 37.8 Å². The number of carboxylic acid groups (broad SMARTS) is 1. The number of aromatic nitrogens is 2. The van der Waals surface area contributed by atoms with Gasteiger partial charge in [-0.3, -0.25) is 4.90 Å². The van der Waals surface area contributed by atoms with Gasteiger partial charge in [-0.25, -0.2) is 14.8 Å². The van der Waals surface area contributed by atoms with Crippen LogP contribution in [0.15, 0.2) is 52.4 Å². The lowest BCUT2D eigenvalue weighted by Gasteiger charge is -2.45. The van der Waals surface area contributed by atoms with Crippen molar-refractivity contribution in [3.8, 4) is 11.4 Å². The number of aliphatic imine (C=N–C) groups is 2. The highest BCUT2D eigenvalue weighted by atomic mass is 16.4. The first-order valence-corrected chi connectivity index (χ1v) is 10.3. The normalized spacial score (nSPS) is 18.1. The van der Waals surface area contributed by atoms with Crippen LogP contribution < -0.4 is 16.4 Å². The van der Waals surface area contributed by atoms with Crippen molar-refractivity contribution in [2.24, 2.45) is 21.5 Å². The molecular weight excluding hydrogens is 394 g/mol. The lowest BCUT2D eigenvalue weighted by molar-refractivity contribution is 0.0697. The van der Waals surface area contributed by atoms with Crippen molar-refractivity contribution in [3.05, 3.63) is 48.0 Å². The van der Waals surface area contributed by atoms with E-state index in [1.54, 1.807) is 18.2 Å². The number of carbonyl (C=O) groups is 1. The standard InChI is InChI=1S/C22H23N7O2/c23-20-27-21(24)29(22(28-20)10-2-1-3-11-22)15-7-4-13(5-8-15)18-25-16-9-6-14(19(30)31)12-17(16)26-18/h4-9,12H,1-3,10-11H2,(H,25,26)(H,30,31)(H4,23,24,27,28). The van der Waals surface area contributed by atoms with Gasteiger partial charge >= 0.3 is 5.97 Å². The lowest BCUT2D eigenvalue weighted by Crippen LogP contribution is -2.58. The second-order valence-corrected chi connectivity index (χ2v) is 7.99. The zero-order chi connectivity index (χ0) is 21.6. The number of H-pyrrole nitrogens is 1. The molecule has 0 saturated heterocycles. The Balaban J connectivity index is 1.49. The van der Waals surface area contributed by atoms with E-state index in [-0.39, 0.29) is 11.5 Å². The van der Waals surface area contributed by atoms with Crippen LogP contribution in [0.2, 0.25) is 0 Å². The minimum absolute atomic E-state index is 0.218. The molecule has 0 amide bonds. The summed E-state index contributed by atoms with van der Waals surface area (Å²) in [5, 5.41) is 9.19. The smallest absolute Gasteiger partial charge is 0.335 e. The molecule has 158 valence electrons. The number of imidazole rings is 1. The fourth-order valence-corrected chi connectivity index (χ4v) is 4.54. The van der Waals surface area contributed by atoms with E-state index in [4.69, 9.17) is 16.5 Å². The highest BCUT2D eigenvalue weighted by Crippen LogP contribution is 2.39. The van der Waals surface area contributed by atoms with Gasteiger partial charge in [-0.05, 0) is 68.1 Å². The predicted molar refractivity (Wildman–Crippen MR) is 120 cm³/mol. The second kappa shape index (κ2) is 7.12. The van der Waals surface area contributed by atoms with E-state index in [9.17, 15) is 9.90 Å². The van der Waals surface area contributed by atoms with Crippen molar-refractivity contribution in [1.29, 1.82) is 0 Å². The molecule has 1 aromatic heterocycles. The first kappa shape index (κ1) is 19.1. The molecule has 9 nitrogen and oxygen atoms in total. The summed E-state index contributed by atoms with van der Waals surface area (Å²) in [6.07, 6.45) is 5.06. The van der Waals surface area contributed by atoms with Crippen molar-refractivity contribution in [2.75, 3.05) is 4.90 Å². The molecule has 1 aliphatic heterocycles. The minimum Gasteiger partial charge on any atom is -0.478 e. The molecule has 2 aliphatic rings. The van der Waals surface area contributed by atoms with Crippen LogP contribution >= 0.6 is 0 Å². The lowest BCUT2D eigenvalue weighted by atomic mass is 9.87. The first-order chi connectivity index (χ1) is 14.9. The number of hydrogen-bond donors (Lipinski definition) is 4. The largest absolute Gasteiger partial charge is 0.478 e. The van der Waals surface area contributed by atoms with Crippen LogP contribution in [0, 0.1) is 0 Å². The maximum atomic E-state index is 11.2. The van der Waals surface area contributed by atoms with Crippen LogP contribution in [0.25, 0.3) is 22.4 Å². The first-order valence-electron chi connectivity index (χ1n) is 10.3. The van der Waals surface area contributed by atoms with E-state index in [2.05, 4.69) is 15.0 Å². The Labute approximate surface area is 178 Å². The number of rotatable bonds is 3. The van der Waals surface area contributed by atoms with E-state index >= 15 is 0 Å². The summed E-state index contributed by atoms with van der Waals surface area (Å²) in [4.78, 5) is 29.9. The van der Waals surface area contributed by atoms with Gasteiger partial charge < -0.3 is 21.6 Å². The molecule has 2 heterocycles. The Hall–Kier alpha value is -3.88. The van der Waals surface area contributed by atoms with Gasteiger partial charge in [0.1, 0.15) is 11.5 Å². The number of nitrogens with zero attached hydrogens (tertiary/aromatic N) is 4. The number of anilines is 1. The quantitative estimate of drug-likeness (QED) is 0.515. The number of benzene rings is 2. The molecule has 0 unspecified atom stereocenters. The molecule has 31 heavy (non-hydrogen) atoms. The number of aromatic carboxylic acids is 1. The maximum absolute atomic E-state index is 11.2. The number of hydrogen-bond acceptors (Lipinski definition) is 7. The third-order valence-electron chi connectivity index (χ3n) is 5.98. The Bertz CT molecular complexity index is 1220. The molecule has 9 heteroatoms. The van der Waals surface area contributed by atoms with Crippen LogP contribution in [0.1, 0.15) is 42.5 Å². The molecule has 1 spiro atoms. The number of aromatic amines is 1. The van der Waals surface area contributed by atoms with E-state index in [1.165, 1.54) is 6.42 Å². The molecule has 3 aromatic rings. The molecule has 0 atom stereocenters. The van der Waals surface area contributed by atoms with Gasteiger partial charge in [0.2, 0.25) is 11.9 Å². The highest BCUT2D eigenvalue weighted by Gasteiger charge is 2.42. The SMILES string of the molecule is NC1=NC2(CCCCC2)N(c2ccc(-c3nc4ccc(C(=O)O)cc4[nH]3)cc2)C(N)=N1. The molecule has 1 aliphatic carbocycles. The molecule has 1 fully saturated rings. The van der Waals surface area contributed by atoms with Gasteiger partial charge in [-0.1, -0.05) is 6.42 Å². The van der Waals surface area contributed by atoms with Gasteiger partial charge in [0.15, 0.2) is 0 Å². The van der Waals surface area contributed by atoms with Crippen molar-refractivity contribution in [3.63, 3.8) is 0 Å².